The van der Waals surface area contributed by atoms with E-state index in [9.17, 15) is 14.4 Å². The second-order valence-electron chi connectivity index (χ2n) is 5.39. The number of carbonyl (C=O) groups is 2. The van der Waals surface area contributed by atoms with Crippen LogP contribution >= 0.6 is 11.8 Å². The van der Waals surface area contributed by atoms with Gasteiger partial charge in [-0.05, 0) is 19.4 Å². The van der Waals surface area contributed by atoms with E-state index in [1.165, 1.54) is 7.11 Å². The van der Waals surface area contributed by atoms with Crippen LogP contribution in [0.3, 0.4) is 0 Å². The van der Waals surface area contributed by atoms with Crippen LogP contribution in [0.5, 0.6) is 0 Å². The van der Waals surface area contributed by atoms with E-state index in [0.717, 1.165) is 22.9 Å². The Hall–Kier alpha value is -2.61. The number of amides is 1. The van der Waals surface area contributed by atoms with Gasteiger partial charge in [-0.2, -0.15) is 4.98 Å². The predicted octanol–water partition coefficient (Wildman–Crippen LogP) is 1.58. The number of H-pyrrole nitrogens is 1. The molecule has 0 saturated carbocycles. The van der Waals surface area contributed by atoms with Crippen LogP contribution in [-0.4, -0.2) is 34.7 Å². The van der Waals surface area contributed by atoms with Crippen LogP contribution in [0.4, 0.5) is 0 Å². The van der Waals surface area contributed by atoms with Gasteiger partial charge in [-0.3, -0.25) is 4.79 Å². The van der Waals surface area contributed by atoms with Gasteiger partial charge in [-0.15, -0.1) is 0 Å². The summed E-state index contributed by atoms with van der Waals surface area (Å²) in [6.45, 7) is 3.98. The van der Waals surface area contributed by atoms with E-state index in [1.807, 2.05) is 31.2 Å². The maximum Gasteiger partial charge on any atom is 0.346 e. The number of thioether (sulfide) groups is 1. The van der Waals surface area contributed by atoms with Crippen molar-refractivity contribution >= 4 is 23.6 Å². The number of aryl methyl sites for hydroxylation is 2. The fourth-order valence-corrected chi connectivity index (χ4v) is 3.00. The molecule has 0 radical (unpaired) electrons. The third kappa shape index (κ3) is 5.18. The standard InChI is InChI=1S/C17H19N3O4S/c1-10-4-6-12(7-5-10)8-18-13(21)9-25-15-14(16(22)24-3)11(2)19-17(23)20-15/h4-7H,8-9H2,1-3H3,(H,18,21)(H,19,20,23). The summed E-state index contributed by atoms with van der Waals surface area (Å²) in [6, 6.07) is 7.84. The van der Waals surface area contributed by atoms with Gasteiger partial charge in [0, 0.05) is 12.2 Å². The Morgan fingerprint density at radius 3 is 2.56 bits per heavy atom. The lowest BCUT2D eigenvalue weighted by atomic mass is 10.1. The van der Waals surface area contributed by atoms with Crippen molar-refractivity contribution < 1.29 is 14.3 Å². The molecule has 8 heteroatoms. The topological polar surface area (TPSA) is 101 Å². The summed E-state index contributed by atoms with van der Waals surface area (Å²) < 4.78 is 4.70. The number of benzene rings is 1. The number of hydrogen-bond acceptors (Lipinski definition) is 6. The largest absolute Gasteiger partial charge is 0.465 e. The van der Waals surface area contributed by atoms with Crippen LogP contribution in [0.2, 0.25) is 0 Å². The Balaban J connectivity index is 2.00. The molecule has 2 N–H and O–H groups in total. The molecule has 0 aliphatic rings. The van der Waals surface area contributed by atoms with E-state index in [4.69, 9.17) is 4.74 Å². The van der Waals surface area contributed by atoms with Gasteiger partial charge < -0.3 is 15.0 Å². The smallest absolute Gasteiger partial charge is 0.346 e. The summed E-state index contributed by atoms with van der Waals surface area (Å²) in [6.07, 6.45) is 0. The zero-order valence-electron chi connectivity index (χ0n) is 14.2. The Kier molecular flexibility index (Phi) is 6.35. The first-order valence-electron chi connectivity index (χ1n) is 7.55. The van der Waals surface area contributed by atoms with Crippen LogP contribution in [0.25, 0.3) is 0 Å². The first-order chi connectivity index (χ1) is 11.9. The van der Waals surface area contributed by atoms with Gasteiger partial charge in [0.1, 0.15) is 10.6 Å². The molecule has 2 aromatic rings. The number of esters is 1. The third-order valence-electron chi connectivity index (χ3n) is 3.43. The van der Waals surface area contributed by atoms with Crippen LogP contribution in [0.1, 0.15) is 27.2 Å². The molecule has 1 aromatic heterocycles. The highest BCUT2D eigenvalue weighted by molar-refractivity contribution is 8.00. The van der Waals surface area contributed by atoms with Gasteiger partial charge in [0.25, 0.3) is 0 Å². The summed E-state index contributed by atoms with van der Waals surface area (Å²) in [5.41, 5.74) is 2.08. The molecule has 1 amide bonds. The van der Waals surface area contributed by atoms with Crippen molar-refractivity contribution in [3.8, 4) is 0 Å². The molecule has 2 rings (SSSR count). The summed E-state index contributed by atoms with van der Waals surface area (Å²) >= 11 is 1.02. The minimum Gasteiger partial charge on any atom is -0.465 e. The molecule has 0 saturated heterocycles. The maximum atomic E-state index is 12.0. The fraction of sp³-hybridized carbons (Fsp3) is 0.294. The Labute approximate surface area is 149 Å². The summed E-state index contributed by atoms with van der Waals surface area (Å²) in [5, 5.41) is 2.97. The molecular weight excluding hydrogens is 342 g/mol. The van der Waals surface area contributed by atoms with E-state index in [0.29, 0.717) is 12.2 Å². The predicted molar refractivity (Wildman–Crippen MR) is 94.7 cm³/mol. The van der Waals surface area contributed by atoms with Gasteiger partial charge in [-0.25, -0.2) is 9.59 Å². The number of rotatable bonds is 6. The molecule has 1 heterocycles. The van der Waals surface area contributed by atoms with Gasteiger partial charge in [0.05, 0.1) is 12.9 Å². The lowest BCUT2D eigenvalue weighted by Crippen LogP contribution is -2.25. The average Bonchev–Trinajstić information content (AvgIpc) is 2.58. The Morgan fingerprint density at radius 2 is 1.92 bits per heavy atom. The van der Waals surface area contributed by atoms with Crippen molar-refractivity contribution in [1.29, 1.82) is 0 Å². The average molecular weight is 361 g/mol. The summed E-state index contributed by atoms with van der Waals surface area (Å²) in [5.74, 6) is -0.795. The lowest BCUT2D eigenvalue weighted by molar-refractivity contribution is -0.118. The first kappa shape index (κ1) is 18.7. The number of ether oxygens (including phenoxy) is 1. The monoisotopic (exact) mass is 361 g/mol. The van der Waals surface area contributed by atoms with Crippen molar-refractivity contribution in [2.75, 3.05) is 12.9 Å². The van der Waals surface area contributed by atoms with Gasteiger partial charge >= 0.3 is 11.7 Å². The minimum atomic E-state index is -0.608. The first-order valence-corrected chi connectivity index (χ1v) is 8.53. The van der Waals surface area contributed by atoms with Gasteiger partial charge in [0.2, 0.25) is 5.91 Å². The SMILES string of the molecule is COC(=O)c1c(SCC(=O)NCc2ccc(C)cc2)nc(=O)[nH]c1C. The Morgan fingerprint density at radius 1 is 1.24 bits per heavy atom. The highest BCUT2D eigenvalue weighted by atomic mass is 32.2. The molecule has 0 bridgehead atoms. The van der Waals surface area contributed by atoms with Crippen molar-refractivity contribution in [3.05, 3.63) is 57.1 Å². The minimum absolute atomic E-state index is 0.0335. The number of aromatic amines is 1. The molecule has 0 aliphatic carbocycles. The van der Waals surface area contributed by atoms with E-state index in [1.54, 1.807) is 6.92 Å². The molecular formula is C17H19N3O4S. The quantitative estimate of drug-likeness (QED) is 0.460. The number of aromatic nitrogens is 2. The lowest BCUT2D eigenvalue weighted by Gasteiger charge is -2.09. The second-order valence-corrected chi connectivity index (χ2v) is 6.35. The van der Waals surface area contributed by atoms with Crippen molar-refractivity contribution in [2.45, 2.75) is 25.4 Å². The number of methoxy groups -OCH3 is 1. The molecule has 0 unspecified atom stereocenters. The molecule has 132 valence electrons. The molecule has 7 nitrogen and oxygen atoms in total. The van der Waals surface area contributed by atoms with Crippen LogP contribution in [0, 0.1) is 13.8 Å². The van der Waals surface area contributed by atoms with Crippen LogP contribution in [0.15, 0.2) is 34.1 Å². The maximum absolute atomic E-state index is 12.0. The third-order valence-corrected chi connectivity index (χ3v) is 4.40. The zero-order chi connectivity index (χ0) is 18.4. The molecule has 0 aliphatic heterocycles. The number of carbonyl (C=O) groups excluding carboxylic acids is 2. The van der Waals surface area contributed by atoms with E-state index in [-0.39, 0.29) is 22.2 Å². The zero-order valence-corrected chi connectivity index (χ0v) is 15.0. The highest BCUT2D eigenvalue weighted by Gasteiger charge is 2.19. The number of nitrogens with one attached hydrogen (secondary N) is 2. The van der Waals surface area contributed by atoms with Crippen molar-refractivity contribution in [2.24, 2.45) is 0 Å². The van der Waals surface area contributed by atoms with Gasteiger partial charge in [0.15, 0.2) is 0 Å². The van der Waals surface area contributed by atoms with Crippen molar-refractivity contribution in [3.63, 3.8) is 0 Å². The number of hydrogen-bond donors (Lipinski definition) is 2. The highest BCUT2D eigenvalue weighted by Crippen LogP contribution is 2.21. The molecule has 0 fully saturated rings. The van der Waals surface area contributed by atoms with Crippen molar-refractivity contribution in [1.82, 2.24) is 15.3 Å². The fourth-order valence-electron chi connectivity index (χ4n) is 2.10. The summed E-state index contributed by atoms with van der Waals surface area (Å²) in [4.78, 5) is 41.6. The molecule has 0 spiro atoms. The van der Waals surface area contributed by atoms with Crippen LogP contribution in [-0.2, 0) is 16.1 Å². The molecule has 1 aromatic carbocycles. The van der Waals surface area contributed by atoms with E-state index in [2.05, 4.69) is 15.3 Å². The molecule has 25 heavy (non-hydrogen) atoms. The van der Waals surface area contributed by atoms with Crippen LogP contribution < -0.4 is 11.0 Å². The molecule has 0 atom stereocenters. The van der Waals surface area contributed by atoms with Gasteiger partial charge in [-0.1, -0.05) is 41.6 Å². The number of nitrogens with zero attached hydrogens (tertiary/aromatic N) is 1. The summed E-state index contributed by atoms with van der Waals surface area (Å²) in [7, 11) is 1.25. The Bertz CT molecular complexity index is 831. The van der Waals surface area contributed by atoms with E-state index >= 15 is 0 Å². The second kappa shape index (κ2) is 8.48. The normalized spacial score (nSPS) is 10.4. The van der Waals surface area contributed by atoms with E-state index < -0.39 is 11.7 Å².